The zero-order chi connectivity index (χ0) is 16.8. The molecule has 1 saturated heterocycles. The third-order valence-electron chi connectivity index (χ3n) is 3.88. The lowest BCUT2D eigenvalue weighted by Gasteiger charge is -2.23. The molecule has 2 aromatic rings. The van der Waals surface area contributed by atoms with Gasteiger partial charge in [0.2, 0.25) is 0 Å². The first-order valence-corrected chi connectivity index (χ1v) is 9.55. The lowest BCUT2D eigenvalue weighted by Crippen LogP contribution is -2.26. The zero-order valence-corrected chi connectivity index (χ0v) is 14.2. The highest BCUT2D eigenvalue weighted by Gasteiger charge is 2.18. The number of benzene rings is 2. The van der Waals surface area contributed by atoms with Crippen molar-refractivity contribution >= 4 is 15.7 Å². The molecule has 1 atom stereocenters. The predicted octanol–water partition coefficient (Wildman–Crippen LogP) is 3.44. The summed E-state index contributed by atoms with van der Waals surface area (Å²) < 4.78 is 39.0. The molecule has 1 aliphatic heterocycles. The Bertz CT molecular complexity index is 756. The minimum Gasteiger partial charge on any atom is -0.489 e. The summed E-state index contributed by atoms with van der Waals surface area (Å²) in [7, 11) is -3.64. The first-order chi connectivity index (χ1) is 11.6. The van der Waals surface area contributed by atoms with E-state index in [1.54, 1.807) is 48.5 Å². The van der Waals surface area contributed by atoms with Gasteiger partial charge in [-0.3, -0.25) is 4.72 Å². The van der Waals surface area contributed by atoms with Crippen LogP contribution in [0.25, 0.3) is 0 Å². The second-order valence-electron chi connectivity index (χ2n) is 5.71. The van der Waals surface area contributed by atoms with Gasteiger partial charge < -0.3 is 9.47 Å². The summed E-state index contributed by atoms with van der Waals surface area (Å²) >= 11 is 0. The summed E-state index contributed by atoms with van der Waals surface area (Å²) in [4.78, 5) is 0.218. The molecule has 2 aromatic carbocycles. The van der Waals surface area contributed by atoms with Gasteiger partial charge in [0.05, 0.1) is 16.7 Å². The van der Waals surface area contributed by atoms with Gasteiger partial charge in [-0.15, -0.1) is 0 Å². The number of ether oxygens (including phenoxy) is 2. The van der Waals surface area contributed by atoms with Crippen molar-refractivity contribution in [2.24, 2.45) is 0 Å². The molecule has 0 amide bonds. The standard InChI is InChI=1S/C18H21NO4S/c20-24(21,16-9-2-1-3-10-16)19-17-11-4-5-12-18(17)23-14-15-8-6-7-13-22-15/h1-5,9-12,15,19H,6-8,13-14H2/t15-/m0/s1. The average Bonchev–Trinajstić information content (AvgIpc) is 2.62. The number of anilines is 1. The van der Waals surface area contributed by atoms with Crippen LogP contribution in [0.2, 0.25) is 0 Å². The topological polar surface area (TPSA) is 64.6 Å². The molecular weight excluding hydrogens is 326 g/mol. The Morgan fingerprint density at radius 1 is 1.04 bits per heavy atom. The van der Waals surface area contributed by atoms with Gasteiger partial charge in [0.25, 0.3) is 10.0 Å². The van der Waals surface area contributed by atoms with Crippen LogP contribution in [0.4, 0.5) is 5.69 Å². The fraction of sp³-hybridized carbons (Fsp3) is 0.333. The molecule has 0 bridgehead atoms. The smallest absolute Gasteiger partial charge is 0.262 e. The van der Waals surface area contributed by atoms with Crippen molar-refractivity contribution in [2.75, 3.05) is 17.9 Å². The van der Waals surface area contributed by atoms with Crippen LogP contribution in [0.5, 0.6) is 5.75 Å². The van der Waals surface area contributed by atoms with Crippen LogP contribution < -0.4 is 9.46 Å². The van der Waals surface area contributed by atoms with Crippen molar-refractivity contribution in [3.8, 4) is 5.75 Å². The third-order valence-corrected chi connectivity index (χ3v) is 5.27. The Hall–Kier alpha value is -2.05. The average molecular weight is 347 g/mol. The molecular formula is C18H21NO4S. The maximum atomic E-state index is 12.5. The summed E-state index contributed by atoms with van der Waals surface area (Å²) in [5, 5.41) is 0. The van der Waals surface area contributed by atoms with Crippen molar-refractivity contribution in [3.05, 3.63) is 54.6 Å². The van der Waals surface area contributed by atoms with E-state index in [2.05, 4.69) is 4.72 Å². The molecule has 1 fully saturated rings. The lowest BCUT2D eigenvalue weighted by atomic mass is 10.1. The number of hydrogen-bond acceptors (Lipinski definition) is 4. The minimum absolute atomic E-state index is 0.0672. The SMILES string of the molecule is O=S(=O)(Nc1ccccc1OC[C@@H]1CCCCO1)c1ccccc1. The molecule has 6 heteroatoms. The Morgan fingerprint density at radius 2 is 1.79 bits per heavy atom. The molecule has 3 rings (SSSR count). The maximum absolute atomic E-state index is 12.5. The first-order valence-electron chi connectivity index (χ1n) is 8.06. The summed E-state index contributed by atoms with van der Waals surface area (Å²) in [6, 6.07) is 15.3. The van der Waals surface area contributed by atoms with Gasteiger partial charge >= 0.3 is 0 Å². The minimum atomic E-state index is -3.64. The van der Waals surface area contributed by atoms with Crippen LogP contribution >= 0.6 is 0 Å². The van der Waals surface area contributed by atoms with Gasteiger partial charge in [-0.1, -0.05) is 30.3 Å². The second-order valence-corrected chi connectivity index (χ2v) is 7.40. The van der Waals surface area contributed by atoms with E-state index in [-0.39, 0.29) is 11.0 Å². The van der Waals surface area contributed by atoms with Gasteiger partial charge in [-0.2, -0.15) is 0 Å². The molecule has 0 saturated carbocycles. The Kier molecular flexibility index (Phi) is 5.37. The number of hydrogen-bond donors (Lipinski definition) is 1. The van der Waals surface area contributed by atoms with Gasteiger partial charge in [0.15, 0.2) is 0 Å². The van der Waals surface area contributed by atoms with E-state index in [1.165, 1.54) is 0 Å². The van der Waals surface area contributed by atoms with Gasteiger partial charge in [-0.25, -0.2) is 8.42 Å². The molecule has 1 N–H and O–H groups in total. The van der Waals surface area contributed by atoms with Crippen LogP contribution in [0.15, 0.2) is 59.5 Å². The van der Waals surface area contributed by atoms with Gasteiger partial charge in [0.1, 0.15) is 12.4 Å². The molecule has 24 heavy (non-hydrogen) atoms. The molecule has 0 radical (unpaired) electrons. The predicted molar refractivity (Wildman–Crippen MR) is 92.8 cm³/mol. The highest BCUT2D eigenvalue weighted by Crippen LogP contribution is 2.27. The van der Waals surface area contributed by atoms with Crippen LogP contribution in [0.1, 0.15) is 19.3 Å². The lowest BCUT2D eigenvalue weighted by molar-refractivity contribution is -0.0109. The van der Waals surface area contributed by atoms with Crippen molar-refractivity contribution in [3.63, 3.8) is 0 Å². The van der Waals surface area contributed by atoms with Crippen molar-refractivity contribution in [1.82, 2.24) is 0 Å². The zero-order valence-electron chi connectivity index (χ0n) is 13.4. The number of rotatable bonds is 6. The summed E-state index contributed by atoms with van der Waals surface area (Å²) in [6.45, 7) is 1.18. The Balaban J connectivity index is 1.72. The van der Waals surface area contributed by atoms with Crippen LogP contribution in [0, 0.1) is 0 Å². The monoisotopic (exact) mass is 347 g/mol. The first kappa shape index (κ1) is 16.8. The molecule has 5 nitrogen and oxygen atoms in total. The molecule has 0 aliphatic carbocycles. The Labute approximate surface area is 142 Å². The van der Waals surface area contributed by atoms with E-state index in [9.17, 15) is 8.42 Å². The van der Waals surface area contributed by atoms with Crippen molar-refractivity contribution in [2.45, 2.75) is 30.3 Å². The van der Waals surface area contributed by atoms with Crippen LogP contribution in [0.3, 0.4) is 0 Å². The van der Waals surface area contributed by atoms with E-state index in [0.29, 0.717) is 18.0 Å². The van der Waals surface area contributed by atoms with Crippen LogP contribution in [-0.2, 0) is 14.8 Å². The number of nitrogens with one attached hydrogen (secondary N) is 1. The normalized spacial score (nSPS) is 18.1. The van der Waals surface area contributed by atoms with E-state index in [0.717, 1.165) is 25.9 Å². The van der Waals surface area contributed by atoms with Crippen molar-refractivity contribution < 1.29 is 17.9 Å². The molecule has 1 heterocycles. The molecule has 0 spiro atoms. The molecule has 0 unspecified atom stereocenters. The molecule has 0 aromatic heterocycles. The van der Waals surface area contributed by atoms with Gasteiger partial charge in [-0.05, 0) is 43.5 Å². The van der Waals surface area contributed by atoms with E-state index < -0.39 is 10.0 Å². The fourth-order valence-corrected chi connectivity index (χ4v) is 3.69. The second kappa shape index (κ2) is 7.68. The van der Waals surface area contributed by atoms with E-state index in [4.69, 9.17) is 9.47 Å². The van der Waals surface area contributed by atoms with Crippen molar-refractivity contribution in [1.29, 1.82) is 0 Å². The molecule has 1 aliphatic rings. The Morgan fingerprint density at radius 3 is 2.54 bits per heavy atom. The number of sulfonamides is 1. The van der Waals surface area contributed by atoms with Gasteiger partial charge in [0, 0.05) is 6.61 Å². The molecule has 128 valence electrons. The fourth-order valence-electron chi connectivity index (χ4n) is 2.60. The highest BCUT2D eigenvalue weighted by molar-refractivity contribution is 7.92. The number of para-hydroxylation sites is 2. The quantitative estimate of drug-likeness (QED) is 0.869. The largest absolute Gasteiger partial charge is 0.489 e. The summed E-state index contributed by atoms with van der Waals surface area (Å²) in [5.74, 6) is 0.506. The third kappa shape index (κ3) is 4.27. The highest BCUT2D eigenvalue weighted by atomic mass is 32.2. The van der Waals surface area contributed by atoms with E-state index in [1.807, 2.05) is 6.07 Å². The van der Waals surface area contributed by atoms with E-state index >= 15 is 0 Å². The summed E-state index contributed by atoms with van der Waals surface area (Å²) in [6.07, 6.45) is 3.26. The van der Waals surface area contributed by atoms with Crippen LogP contribution in [-0.4, -0.2) is 27.7 Å². The maximum Gasteiger partial charge on any atom is 0.262 e. The summed E-state index contributed by atoms with van der Waals surface area (Å²) in [5.41, 5.74) is 0.428.